The van der Waals surface area contributed by atoms with Crippen LogP contribution in [0, 0.1) is 6.92 Å². The van der Waals surface area contributed by atoms with Crippen LogP contribution in [0.1, 0.15) is 5.56 Å². The van der Waals surface area contributed by atoms with Gasteiger partial charge in [-0.15, -0.1) is 24.0 Å². The molecule has 0 unspecified atom stereocenters. The van der Waals surface area contributed by atoms with Crippen LogP contribution in [0.5, 0.6) is 0 Å². The molecule has 0 radical (unpaired) electrons. The molecule has 0 aliphatic heterocycles. The number of fused-ring (bicyclic) bond motifs is 1. The van der Waals surface area contributed by atoms with Crippen LogP contribution in [0.2, 0.25) is 0 Å². The molecule has 0 bridgehead atoms. The molecular formula is C8H7NS2. The molecule has 0 amide bonds. The van der Waals surface area contributed by atoms with Gasteiger partial charge in [0.15, 0.2) is 0 Å². The van der Waals surface area contributed by atoms with E-state index in [0.717, 1.165) is 9.73 Å². The van der Waals surface area contributed by atoms with Gasteiger partial charge in [-0.1, -0.05) is 0 Å². The number of thiol groups is 1. The second-order valence-electron chi connectivity index (χ2n) is 2.43. The lowest BCUT2D eigenvalue weighted by atomic mass is 10.3. The minimum Gasteiger partial charge on any atom is -0.255 e. The van der Waals surface area contributed by atoms with Gasteiger partial charge in [-0.3, -0.25) is 4.98 Å². The fourth-order valence-electron chi connectivity index (χ4n) is 1.05. The first-order valence-electron chi connectivity index (χ1n) is 3.31. The SMILES string of the molecule is Cc1ccnc2cc(S)sc12. The monoisotopic (exact) mass is 181 g/mol. The van der Waals surface area contributed by atoms with Gasteiger partial charge in [-0.05, 0) is 24.6 Å². The highest BCUT2D eigenvalue weighted by Gasteiger charge is 2.00. The van der Waals surface area contributed by atoms with Crippen LogP contribution in [-0.4, -0.2) is 4.98 Å². The van der Waals surface area contributed by atoms with E-state index in [0.29, 0.717) is 0 Å². The molecule has 2 rings (SSSR count). The summed E-state index contributed by atoms with van der Waals surface area (Å²) in [4.78, 5) is 4.22. The van der Waals surface area contributed by atoms with Crippen molar-refractivity contribution in [2.75, 3.05) is 0 Å². The average molecular weight is 181 g/mol. The first-order valence-corrected chi connectivity index (χ1v) is 4.58. The van der Waals surface area contributed by atoms with E-state index >= 15 is 0 Å². The molecule has 0 aromatic carbocycles. The molecule has 3 heteroatoms. The van der Waals surface area contributed by atoms with Crippen LogP contribution in [-0.2, 0) is 0 Å². The third-order valence-electron chi connectivity index (χ3n) is 1.60. The molecule has 0 N–H and O–H groups in total. The Morgan fingerprint density at radius 1 is 1.55 bits per heavy atom. The van der Waals surface area contributed by atoms with Crippen molar-refractivity contribution in [2.24, 2.45) is 0 Å². The number of aromatic nitrogens is 1. The van der Waals surface area contributed by atoms with Crippen molar-refractivity contribution >= 4 is 34.2 Å². The Labute approximate surface area is 74.5 Å². The first-order chi connectivity index (χ1) is 5.27. The molecule has 0 aliphatic rings. The highest BCUT2D eigenvalue weighted by atomic mass is 32.2. The highest BCUT2D eigenvalue weighted by molar-refractivity contribution is 7.83. The maximum absolute atomic E-state index is 4.27. The molecule has 2 aromatic rings. The van der Waals surface area contributed by atoms with E-state index in [2.05, 4.69) is 24.5 Å². The summed E-state index contributed by atoms with van der Waals surface area (Å²) in [6.07, 6.45) is 1.83. The lowest BCUT2D eigenvalue weighted by molar-refractivity contribution is 1.38. The quantitative estimate of drug-likeness (QED) is 0.617. The van der Waals surface area contributed by atoms with E-state index in [1.54, 1.807) is 11.3 Å². The van der Waals surface area contributed by atoms with Gasteiger partial charge in [0.1, 0.15) is 0 Å². The first kappa shape index (κ1) is 7.13. The summed E-state index contributed by atoms with van der Waals surface area (Å²) < 4.78 is 2.28. The summed E-state index contributed by atoms with van der Waals surface area (Å²) in [6, 6.07) is 4.02. The van der Waals surface area contributed by atoms with E-state index in [-0.39, 0.29) is 0 Å². The van der Waals surface area contributed by atoms with Crippen LogP contribution in [0.15, 0.2) is 22.5 Å². The van der Waals surface area contributed by atoms with Gasteiger partial charge < -0.3 is 0 Å². The predicted octanol–water partition coefficient (Wildman–Crippen LogP) is 2.89. The molecule has 0 fully saturated rings. The maximum atomic E-state index is 4.27. The minimum atomic E-state index is 1.03. The largest absolute Gasteiger partial charge is 0.255 e. The molecule has 0 aliphatic carbocycles. The summed E-state index contributed by atoms with van der Waals surface area (Å²) >= 11 is 5.95. The van der Waals surface area contributed by atoms with Crippen molar-refractivity contribution in [3.8, 4) is 0 Å². The lowest BCUT2D eigenvalue weighted by Crippen LogP contribution is -1.73. The van der Waals surface area contributed by atoms with E-state index in [1.165, 1.54) is 10.3 Å². The number of hydrogen-bond donors (Lipinski definition) is 1. The Morgan fingerprint density at radius 3 is 3.09 bits per heavy atom. The minimum absolute atomic E-state index is 1.03. The summed E-state index contributed by atoms with van der Waals surface area (Å²) in [7, 11) is 0. The molecule has 0 saturated heterocycles. The van der Waals surface area contributed by atoms with Gasteiger partial charge >= 0.3 is 0 Å². The molecule has 2 aromatic heterocycles. The number of rotatable bonds is 0. The third kappa shape index (κ3) is 1.14. The molecular weight excluding hydrogens is 174 g/mol. The van der Waals surface area contributed by atoms with E-state index in [1.807, 2.05) is 18.3 Å². The Bertz CT molecular complexity index is 392. The summed E-state index contributed by atoms with van der Waals surface area (Å²) in [5, 5.41) is 0. The fraction of sp³-hybridized carbons (Fsp3) is 0.125. The topological polar surface area (TPSA) is 12.9 Å². The molecule has 11 heavy (non-hydrogen) atoms. The van der Waals surface area contributed by atoms with E-state index < -0.39 is 0 Å². The lowest BCUT2D eigenvalue weighted by Gasteiger charge is -1.90. The van der Waals surface area contributed by atoms with Crippen molar-refractivity contribution in [1.82, 2.24) is 4.98 Å². The van der Waals surface area contributed by atoms with Gasteiger partial charge in [0.2, 0.25) is 0 Å². The highest BCUT2D eigenvalue weighted by Crippen LogP contribution is 2.28. The number of aryl methyl sites for hydroxylation is 1. The number of nitrogens with zero attached hydrogens (tertiary/aromatic N) is 1. The number of hydrogen-bond acceptors (Lipinski definition) is 3. The zero-order chi connectivity index (χ0) is 7.84. The zero-order valence-corrected chi connectivity index (χ0v) is 7.75. The Balaban J connectivity index is 2.90. The van der Waals surface area contributed by atoms with Crippen molar-refractivity contribution in [3.63, 3.8) is 0 Å². The number of thiophene rings is 1. The van der Waals surface area contributed by atoms with Crippen molar-refractivity contribution in [2.45, 2.75) is 11.1 Å². The van der Waals surface area contributed by atoms with Crippen molar-refractivity contribution < 1.29 is 0 Å². The van der Waals surface area contributed by atoms with Crippen LogP contribution in [0.25, 0.3) is 10.2 Å². The molecule has 1 nitrogen and oxygen atoms in total. The standard InChI is InChI=1S/C8H7NS2/c1-5-2-3-9-6-4-7(10)11-8(5)6/h2-4,10H,1H3. The van der Waals surface area contributed by atoms with Gasteiger partial charge in [-0.2, -0.15) is 0 Å². The maximum Gasteiger partial charge on any atom is 0.0824 e. The second-order valence-corrected chi connectivity index (χ2v) is 4.26. The summed E-state index contributed by atoms with van der Waals surface area (Å²) in [5.41, 5.74) is 2.33. The Morgan fingerprint density at radius 2 is 2.36 bits per heavy atom. The number of pyridine rings is 1. The zero-order valence-electron chi connectivity index (χ0n) is 6.03. The van der Waals surface area contributed by atoms with Crippen LogP contribution < -0.4 is 0 Å². The average Bonchev–Trinajstić information content (AvgIpc) is 2.31. The molecule has 2 heterocycles. The van der Waals surface area contributed by atoms with Gasteiger partial charge in [0.05, 0.1) is 14.4 Å². The smallest absolute Gasteiger partial charge is 0.0824 e. The molecule has 0 spiro atoms. The normalized spacial score (nSPS) is 10.7. The Kier molecular flexibility index (Phi) is 1.62. The summed E-state index contributed by atoms with van der Waals surface area (Å²) in [5.74, 6) is 0. The van der Waals surface area contributed by atoms with Gasteiger partial charge in [0, 0.05) is 6.20 Å². The second kappa shape index (κ2) is 2.50. The van der Waals surface area contributed by atoms with E-state index in [4.69, 9.17) is 0 Å². The molecule has 0 saturated carbocycles. The van der Waals surface area contributed by atoms with E-state index in [9.17, 15) is 0 Å². The summed E-state index contributed by atoms with van der Waals surface area (Å²) in [6.45, 7) is 2.09. The Hall–Kier alpha value is -0.540. The van der Waals surface area contributed by atoms with Gasteiger partial charge in [-0.25, -0.2) is 0 Å². The third-order valence-corrected chi connectivity index (χ3v) is 3.06. The predicted molar refractivity (Wildman–Crippen MR) is 51.6 cm³/mol. The van der Waals surface area contributed by atoms with Gasteiger partial charge in [0.25, 0.3) is 0 Å². The van der Waals surface area contributed by atoms with Crippen molar-refractivity contribution in [3.05, 3.63) is 23.9 Å². The van der Waals surface area contributed by atoms with Crippen LogP contribution in [0.4, 0.5) is 0 Å². The fourth-order valence-corrected chi connectivity index (χ4v) is 2.27. The van der Waals surface area contributed by atoms with Crippen molar-refractivity contribution in [1.29, 1.82) is 0 Å². The molecule has 56 valence electrons. The molecule has 0 atom stereocenters. The van der Waals surface area contributed by atoms with Crippen LogP contribution in [0.3, 0.4) is 0 Å². The van der Waals surface area contributed by atoms with Crippen LogP contribution >= 0.6 is 24.0 Å².